The number of esters is 1. The van der Waals surface area contributed by atoms with E-state index in [1.165, 1.54) is 167 Å². The molecule has 0 fully saturated rings. The smallest absolute Gasteiger partial charge is 0.306 e. The third-order valence-corrected chi connectivity index (χ3v) is 10.9. The van der Waals surface area contributed by atoms with Gasteiger partial charge in [0.2, 0.25) is 5.91 Å². The minimum atomic E-state index is -0.776. The molecule has 0 aliphatic heterocycles. The summed E-state index contributed by atoms with van der Waals surface area (Å²) in [6.45, 7) is 6.47. The number of unbranched alkanes of at least 4 members (excludes halogenated alkanes) is 30. The lowest BCUT2D eigenvalue weighted by Crippen LogP contribution is -2.46. The van der Waals surface area contributed by atoms with Crippen LogP contribution in [-0.4, -0.2) is 46.9 Å². The number of ether oxygens (including phenoxy) is 1. The first-order chi connectivity index (χ1) is 25.5. The van der Waals surface area contributed by atoms with Gasteiger partial charge < -0.3 is 20.3 Å². The summed E-state index contributed by atoms with van der Waals surface area (Å²) in [4.78, 5) is 25.9. The van der Waals surface area contributed by atoms with Crippen LogP contribution in [0.3, 0.4) is 0 Å². The van der Waals surface area contributed by atoms with E-state index in [0.717, 1.165) is 44.9 Å². The molecule has 0 aromatic heterocycles. The highest BCUT2D eigenvalue weighted by molar-refractivity contribution is 5.77. The monoisotopic (exact) mass is 738 g/mol. The van der Waals surface area contributed by atoms with Gasteiger partial charge in [0.25, 0.3) is 0 Å². The maximum Gasteiger partial charge on any atom is 0.306 e. The van der Waals surface area contributed by atoms with E-state index in [2.05, 4.69) is 26.1 Å². The number of rotatable bonds is 42. The van der Waals surface area contributed by atoms with Gasteiger partial charge in [-0.25, -0.2) is 0 Å². The van der Waals surface area contributed by atoms with Crippen molar-refractivity contribution >= 4 is 11.9 Å². The van der Waals surface area contributed by atoms with Crippen molar-refractivity contribution in [3.63, 3.8) is 0 Å². The van der Waals surface area contributed by atoms with Crippen molar-refractivity contribution in [1.29, 1.82) is 0 Å². The predicted octanol–water partition coefficient (Wildman–Crippen LogP) is 13.2. The summed E-state index contributed by atoms with van der Waals surface area (Å²) in [6.07, 6.45) is 41.6. The standard InChI is InChI=1S/C46H91NO5/c1-4-7-10-13-16-19-21-22-24-26-28-31-34-37-42(52-46(51)39-36-33-30-27-23-20-17-14-11-8-5-2)40-45(50)47-43(41-48)44(49)38-35-32-29-25-18-15-12-9-6-3/h42-44,48-49H,4-41H2,1-3H3,(H,47,50). The zero-order valence-corrected chi connectivity index (χ0v) is 35.2. The second kappa shape index (κ2) is 41.0. The van der Waals surface area contributed by atoms with Gasteiger partial charge in [-0.3, -0.25) is 9.59 Å². The molecular formula is C46H91NO5. The quantitative estimate of drug-likeness (QED) is 0.0428. The molecule has 0 aliphatic carbocycles. The van der Waals surface area contributed by atoms with E-state index in [0.29, 0.717) is 19.3 Å². The van der Waals surface area contributed by atoms with Crippen molar-refractivity contribution in [2.75, 3.05) is 6.61 Å². The number of amides is 1. The molecule has 310 valence electrons. The predicted molar refractivity (Wildman–Crippen MR) is 223 cm³/mol. The topological polar surface area (TPSA) is 95.9 Å². The van der Waals surface area contributed by atoms with E-state index in [4.69, 9.17) is 4.74 Å². The second-order valence-corrected chi connectivity index (χ2v) is 16.2. The molecule has 0 spiro atoms. The third-order valence-electron chi connectivity index (χ3n) is 10.9. The summed E-state index contributed by atoms with van der Waals surface area (Å²) in [6, 6.07) is -0.689. The lowest BCUT2D eigenvalue weighted by molar-refractivity contribution is -0.151. The Morgan fingerprint density at radius 1 is 0.481 bits per heavy atom. The first-order valence-electron chi connectivity index (χ1n) is 23.3. The Morgan fingerprint density at radius 3 is 1.17 bits per heavy atom. The number of hydrogen-bond acceptors (Lipinski definition) is 5. The number of hydrogen-bond donors (Lipinski definition) is 3. The number of carbonyl (C=O) groups is 2. The van der Waals surface area contributed by atoms with Crippen LogP contribution in [0.1, 0.15) is 258 Å². The molecule has 0 bridgehead atoms. The Balaban J connectivity index is 4.55. The Hall–Kier alpha value is -1.14. The Labute approximate surface area is 324 Å². The lowest BCUT2D eigenvalue weighted by Gasteiger charge is -2.24. The largest absolute Gasteiger partial charge is 0.462 e. The van der Waals surface area contributed by atoms with Crippen LogP contribution >= 0.6 is 0 Å². The molecule has 1 amide bonds. The second-order valence-electron chi connectivity index (χ2n) is 16.2. The first kappa shape index (κ1) is 50.9. The van der Waals surface area contributed by atoms with Crippen LogP contribution in [0, 0.1) is 0 Å². The fourth-order valence-corrected chi connectivity index (χ4v) is 7.37. The summed E-state index contributed by atoms with van der Waals surface area (Å²) >= 11 is 0. The number of carbonyl (C=O) groups excluding carboxylic acids is 2. The van der Waals surface area contributed by atoms with E-state index in [-0.39, 0.29) is 24.9 Å². The van der Waals surface area contributed by atoms with Gasteiger partial charge in [0.1, 0.15) is 6.10 Å². The number of aliphatic hydroxyl groups is 2. The summed E-state index contributed by atoms with van der Waals surface area (Å²) < 4.78 is 5.90. The van der Waals surface area contributed by atoms with Crippen molar-refractivity contribution < 1.29 is 24.5 Å². The molecule has 3 unspecified atom stereocenters. The van der Waals surface area contributed by atoms with E-state index in [9.17, 15) is 19.8 Å². The van der Waals surface area contributed by atoms with Crippen LogP contribution in [0.5, 0.6) is 0 Å². The van der Waals surface area contributed by atoms with Crippen LogP contribution < -0.4 is 5.32 Å². The zero-order valence-electron chi connectivity index (χ0n) is 35.2. The third kappa shape index (κ3) is 35.9. The van der Waals surface area contributed by atoms with Gasteiger partial charge in [0, 0.05) is 6.42 Å². The van der Waals surface area contributed by atoms with Gasteiger partial charge in [-0.05, 0) is 25.7 Å². The normalized spacial score (nSPS) is 13.2. The molecule has 6 heteroatoms. The molecule has 3 atom stereocenters. The lowest BCUT2D eigenvalue weighted by atomic mass is 10.0. The molecular weight excluding hydrogens is 647 g/mol. The highest BCUT2D eigenvalue weighted by Gasteiger charge is 2.24. The average molecular weight is 738 g/mol. The molecule has 0 rings (SSSR count). The summed E-state index contributed by atoms with van der Waals surface area (Å²) in [5.74, 6) is -0.458. The molecule has 52 heavy (non-hydrogen) atoms. The number of nitrogens with one attached hydrogen (secondary N) is 1. The highest BCUT2D eigenvalue weighted by Crippen LogP contribution is 2.18. The Morgan fingerprint density at radius 2 is 0.808 bits per heavy atom. The average Bonchev–Trinajstić information content (AvgIpc) is 3.13. The molecule has 3 N–H and O–H groups in total. The Kier molecular flexibility index (Phi) is 40.1. The van der Waals surface area contributed by atoms with Gasteiger partial charge in [0.05, 0.1) is 25.2 Å². The molecule has 0 saturated carbocycles. The van der Waals surface area contributed by atoms with Crippen molar-refractivity contribution in [1.82, 2.24) is 5.32 Å². The van der Waals surface area contributed by atoms with Crippen molar-refractivity contribution in [3.8, 4) is 0 Å². The molecule has 0 heterocycles. The van der Waals surface area contributed by atoms with Gasteiger partial charge in [-0.1, -0.05) is 220 Å². The van der Waals surface area contributed by atoms with E-state index in [1.54, 1.807) is 0 Å². The fraction of sp³-hybridized carbons (Fsp3) is 0.957. The summed E-state index contributed by atoms with van der Waals surface area (Å²) in [5.41, 5.74) is 0. The van der Waals surface area contributed by atoms with E-state index < -0.39 is 18.2 Å². The van der Waals surface area contributed by atoms with Crippen LogP contribution in [0.15, 0.2) is 0 Å². The first-order valence-corrected chi connectivity index (χ1v) is 23.3. The van der Waals surface area contributed by atoms with Crippen molar-refractivity contribution in [2.24, 2.45) is 0 Å². The van der Waals surface area contributed by atoms with Crippen LogP contribution in [0.4, 0.5) is 0 Å². The molecule has 0 aromatic carbocycles. The highest BCUT2D eigenvalue weighted by atomic mass is 16.5. The maximum atomic E-state index is 13.1. The van der Waals surface area contributed by atoms with Crippen molar-refractivity contribution in [3.05, 3.63) is 0 Å². The van der Waals surface area contributed by atoms with Crippen LogP contribution in [-0.2, 0) is 14.3 Å². The Bertz CT molecular complexity index is 746. The molecule has 6 nitrogen and oxygen atoms in total. The number of aliphatic hydroxyl groups excluding tert-OH is 2. The molecule has 0 saturated heterocycles. The van der Waals surface area contributed by atoms with Crippen molar-refractivity contribution in [2.45, 2.75) is 277 Å². The van der Waals surface area contributed by atoms with Gasteiger partial charge in [-0.15, -0.1) is 0 Å². The molecule has 0 radical (unpaired) electrons. The summed E-state index contributed by atoms with van der Waals surface area (Å²) in [5, 5.41) is 23.6. The van der Waals surface area contributed by atoms with Gasteiger partial charge in [0.15, 0.2) is 0 Å². The fourth-order valence-electron chi connectivity index (χ4n) is 7.37. The minimum Gasteiger partial charge on any atom is -0.462 e. The minimum absolute atomic E-state index is 0.0868. The van der Waals surface area contributed by atoms with Crippen LogP contribution in [0.25, 0.3) is 0 Å². The molecule has 0 aliphatic rings. The zero-order chi connectivity index (χ0) is 38.2. The molecule has 0 aromatic rings. The van der Waals surface area contributed by atoms with Gasteiger partial charge in [-0.2, -0.15) is 0 Å². The van der Waals surface area contributed by atoms with E-state index >= 15 is 0 Å². The SMILES string of the molecule is CCCCCCCCCCCCCCCC(CC(=O)NC(CO)C(O)CCCCCCCCCCC)OC(=O)CCCCCCCCCCCCC. The van der Waals surface area contributed by atoms with Crippen LogP contribution in [0.2, 0.25) is 0 Å². The summed E-state index contributed by atoms with van der Waals surface area (Å²) in [7, 11) is 0. The van der Waals surface area contributed by atoms with E-state index in [1.807, 2.05) is 0 Å². The van der Waals surface area contributed by atoms with Gasteiger partial charge >= 0.3 is 5.97 Å². The maximum absolute atomic E-state index is 13.1.